The first-order valence-corrected chi connectivity index (χ1v) is 8.66. The zero-order valence-corrected chi connectivity index (χ0v) is 15.7. The van der Waals surface area contributed by atoms with Crippen molar-refractivity contribution in [2.75, 3.05) is 18.0 Å². The number of rotatable bonds is 4. The Balaban J connectivity index is 2.32. The smallest absolute Gasteiger partial charge is 0.230 e. The zero-order valence-electron chi connectivity index (χ0n) is 14.1. The number of aryl methyl sites for hydroxylation is 2. The topological polar surface area (TPSA) is 46.3 Å². The molecule has 0 unspecified atom stereocenters. The molecule has 0 fully saturated rings. The van der Waals surface area contributed by atoms with Crippen LogP contribution in [-0.2, 0) is 0 Å². The fourth-order valence-corrected chi connectivity index (χ4v) is 3.35. The Morgan fingerprint density at radius 3 is 2.42 bits per heavy atom. The fraction of sp³-hybridized carbons (Fsp3) is 0.353. The van der Waals surface area contributed by atoms with E-state index in [-0.39, 0.29) is 0 Å². The largest absolute Gasteiger partial charge is 0.341 e. The number of anilines is 1. The summed E-state index contributed by atoms with van der Waals surface area (Å²) in [6.45, 7) is 9.73. The van der Waals surface area contributed by atoms with Crippen LogP contribution >= 0.6 is 23.2 Å². The lowest BCUT2D eigenvalue weighted by atomic mass is 10.1. The highest BCUT2D eigenvalue weighted by Crippen LogP contribution is 2.35. The van der Waals surface area contributed by atoms with Crippen molar-refractivity contribution in [2.45, 2.75) is 27.7 Å². The van der Waals surface area contributed by atoms with Gasteiger partial charge in [-0.1, -0.05) is 29.3 Å². The summed E-state index contributed by atoms with van der Waals surface area (Å²) in [6, 6.07) is 5.47. The number of halogens is 2. The van der Waals surface area contributed by atoms with Gasteiger partial charge in [-0.3, -0.25) is 0 Å². The Bertz CT molecular complexity index is 900. The van der Waals surface area contributed by atoms with E-state index in [0.717, 1.165) is 41.5 Å². The molecule has 0 saturated carbocycles. The van der Waals surface area contributed by atoms with Gasteiger partial charge in [0.05, 0.1) is 16.3 Å². The van der Waals surface area contributed by atoms with Crippen molar-refractivity contribution in [3.05, 3.63) is 39.8 Å². The second-order valence-electron chi connectivity index (χ2n) is 5.56. The van der Waals surface area contributed by atoms with Gasteiger partial charge in [0, 0.05) is 23.7 Å². The van der Waals surface area contributed by atoms with Crippen molar-refractivity contribution < 1.29 is 0 Å². The van der Waals surface area contributed by atoms with E-state index in [1.807, 2.05) is 26.0 Å². The predicted octanol–water partition coefficient (Wildman–Crippen LogP) is 4.56. The number of aromatic nitrogens is 4. The maximum atomic E-state index is 6.41. The highest BCUT2D eigenvalue weighted by atomic mass is 35.5. The first-order chi connectivity index (χ1) is 11.5. The molecule has 0 amide bonds. The normalized spacial score (nSPS) is 11.2. The third-order valence-corrected chi connectivity index (χ3v) is 4.55. The Hall–Kier alpha value is -1.85. The van der Waals surface area contributed by atoms with Crippen LogP contribution in [0.25, 0.3) is 16.8 Å². The summed E-state index contributed by atoms with van der Waals surface area (Å²) < 4.78 is 1.80. The van der Waals surface area contributed by atoms with Crippen LogP contribution in [0.1, 0.15) is 25.4 Å². The van der Waals surface area contributed by atoms with Crippen LogP contribution in [0.2, 0.25) is 10.0 Å². The van der Waals surface area contributed by atoms with Crippen molar-refractivity contribution in [3.8, 4) is 11.1 Å². The number of hydrogen-bond donors (Lipinski definition) is 0. The lowest BCUT2D eigenvalue weighted by Gasteiger charge is -2.20. The molecule has 0 bridgehead atoms. The van der Waals surface area contributed by atoms with Crippen LogP contribution in [0, 0.1) is 13.8 Å². The van der Waals surface area contributed by atoms with Crippen LogP contribution in [0.4, 0.5) is 5.95 Å². The van der Waals surface area contributed by atoms with Gasteiger partial charge >= 0.3 is 0 Å². The van der Waals surface area contributed by atoms with E-state index in [4.69, 9.17) is 23.2 Å². The van der Waals surface area contributed by atoms with Crippen molar-refractivity contribution in [1.29, 1.82) is 0 Å². The average molecular weight is 364 g/mol. The fourth-order valence-electron chi connectivity index (χ4n) is 2.85. The number of nitrogens with zero attached hydrogens (tertiary/aromatic N) is 5. The second-order valence-corrected chi connectivity index (χ2v) is 6.41. The van der Waals surface area contributed by atoms with E-state index < -0.39 is 0 Å². The summed E-state index contributed by atoms with van der Waals surface area (Å²) in [7, 11) is 0. The van der Waals surface area contributed by atoms with E-state index in [9.17, 15) is 0 Å². The number of hydrogen-bond acceptors (Lipinski definition) is 4. The summed E-state index contributed by atoms with van der Waals surface area (Å²) in [5.74, 6) is 1.50. The molecule has 2 aromatic heterocycles. The lowest BCUT2D eigenvalue weighted by Crippen LogP contribution is -2.26. The molecule has 3 aromatic rings. The van der Waals surface area contributed by atoms with Gasteiger partial charge in [0.2, 0.25) is 5.95 Å². The standard InChI is InChI=1S/C17H19Cl2N5/c1-5-23(6-2)17-21-11(4)20-16-15(10(3)22-24(16)17)13-8-7-12(18)9-14(13)19/h7-9H,5-6H2,1-4H3. The minimum Gasteiger partial charge on any atom is -0.341 e. The van der Waals surface area contributed by atoms with Crippen LogP contribution in [-0.4, -0.2) is 32.7 Å². The van der Waals surface area contributed by atoms with Gasteiger partial charge in [-0.2, -0.15) is 14.6 Å². The van der Waals surface area contributed by atoms with E-state index in [2.05, 4.69) is 33.8 Å². The highest BCUT2D eigenvalue weighted by molar-refractivity contribution is 6.36. The second kappa shape index (κ2) is 6.57. The van der Waals surface area contributed by atoms with Gasteiger partial charge in [0.1, 0.15) is 5.82 Å². The molecule has 126 valence electrons. The summed E-state index contributed by atoms with van der Waals surface area (Å²) in [5.41, 5.74) is 3.39. The summed E-state index contributed by atoms with van der Waals surface area (Å²) >= 11 is 12.4. The average Bonchev–Trinajstić information content (AvgIpc) is 2.85. The van der Waals surface area contributed by atoms with Crippen molar-refractivity contribution >= 4 is 34.8 Å². The van der Waals surface area contributed by atoms with Gasteiger partial charge in [-0.25, -0.2) is 4.98 Å². The molecule has 0 aliphatic carbocycles. The van der Waals surface area contributed by atoms with Crippen LogP contribution < -0.4 is 4.90 Å². The molecule has 3 rings (SSSR count). The molecular weight excluding hydrogens is 345 g/mol. The third-order valence-electron chi connectivity index (χ3n) is 4.00. The number of benzene rings is 1. The maximum absolute atomic E-state index is 6.41. The van der Waals surface area contributed by atoms with Crippen LogP contribution in [0.5, 0.6) is 0 Å². The van der Waals surface area contributed by atoms with E-state index in [1.165, 1.54) is 0 Å². The van der Waals surface area contributed by atoms with Gasteiger partial charge in [0.15, 0.2) is 5.65 Å². The monoisotopic (exact) mass is 363 g/mol. The molecule has 0 aliphatic heterocycles. The Labute approximate surface area is 151 Å². The van der Waals surface area contributed by atoms with Crippen molar-refractivity contribution in [3.63, 3.8) is 0 Å². The Morgan fingerprint density at radius 1 is 1.08 bits per heavy atom. The van der Waals surface area contributed by atoms with Gasteiger partial charge in [0.25, 0.3) is 0 Å². The minimum atomic E-state index is 0.584. The van der Waals surface area contributed by atoms with Crippen molar-refractivity contribution in [2.24, 2.45) is 0 Å². The Kier molecular flexibility index (Phi) is 4.65. The summed E-state index contributed by atoms with van der Waals surface area (Å²) in [5, 5.41) is 5.86. The third kappa shape index (κ3) is 2.82. The minimum absolute atomic E-state index is 0.584. The molecule has 5 nitrogen and oxygen atoms in total. The van der Waals surface area contributed by atoms with Gasteiger partial charge in [-0.15, -0.1) is 0 Å². The molecule has 7 heteroatoms. The quantitative estimate of drug-likeness (QED) is 0.681. The molecule has 0 spiro atoms. The highest BCUT2D eigenvalue weighted by Gasteiger charge is 2.20. The molecular formula is C17H19Cl2N5. The molecule has 0 atom stereocenters. The molecule has 0 saturated heterocycles. The molecule has 0 N–H and O–H groups in total. The lowest BCUT2D eigenvalue weighted by molar-refractivity contribution is 0.755. The molecule has 0 aliphatic rings. The molecule has 1 aromatic carbocycles. The number of fused-ring (bicyclic) bond motifs is 1. The molecule has 0 radical (unpaired) electrons. The maximum Gasteiger partial charge on any atom is 0.230 e. The first kappa shape index (κ1) is 17.0. The summed E-state index contributed by atoms with van der Waals surface area (Å²) in [6.07, 6.45) is 0. The van der Waals surface area contributed by atoms with Gasteiger partial charge in [-0.05, 0) is 39.8 Å². The SMILES string of the molecule is CCN(CC)c1nc(C)nc2c(-c3ccc(Cl)cc3Cl)c(C)nn12. The van der Waals surface area contributed by atoms with E-state index in [1.54, 1.807) is 10.6 Å². The van der Waals surface area contributed by atoms with E-state index in [0.29, 0.717) is 15.9 Å². The zero-order chi connectivity index (χ0) is 17.4. The summed E-state index contributed by atoms with van der Waals surface area (Å²) in [4.78, 5) is 11.4. The Morgan fingerprint density at radius 2 is 1.79 bits per heavy atom. The predicted molar refractivity (Wildman–Crippen MR) is 99.3 cm³/mol. The van der Waals surface area contributed by atoms with Gasteiger partial charge < -0.3 is 4.90 Å². The van der Waals surface area contributed by atoms with Crippen molar-refractivity contribution in [1.82, 2.24) is 19.6 Å². The van der Waals surface area contributed by atoms with Crippen LogP contribution in [0.15, 0.2) is 18.2 Å². The first-order valence-electron chi connectivity index (χ1n) is 7.90. The molecule has 2 heterocycles. The molecule has 24 heavy (non-hydrogen) atoms. The van der Waals surface area contributed by atoms with E-state index >= 15 is 0 Å². The van der Waals surface area contributed by atoms with Crippen LogP contribution in [0.3, 0.4) is 0 Å².